The fourth-order valence-electron chi connectivity index (χ4n) is 3.84. The number of imidazole rings is 1. The molecule has 26 heavy (non-hydrogen) atoms. The molecule has 1 aromatic carbocycles. The molecule has 0 radical (unpaired) electrons. The minimum atomic E-state index is 0.224. The highest BCUT2D eigenvalue weighted by Gasteiger charge is 2.27. The third-order valence-electron chi connectivity index (χ3n) is 5.21. The van der Waals surface area contributed by atoms with Crippen molar-refractivity contribution in [2.24, 2.45) is 14.1 Å². The summed E-state index contributed by atoms with van der Waals surface area (Å²) in [5, 5.41) is 1.22. The number of carbonyl (C=O) groups is 1. The highest BCUT2D eigenvalue weighted by Crippen LogP contribution is 2.30. The third kappa shape index (κ3) is 3.26. The Labute approximate surface area is 158 Å². The van der Waals surface area contributed by atoms with Crippen molar-refractivity contribution in [2.75, 3.05) is 18.8 Å². The molecule has 0 spiro atoms. The summed E-state index contributed by atoms with van der Waals surface area (Å²) in [5.41, 5.74) is 1.20. The van der Waals surface area contributed by atoms with E-state index in [0.717, 1.165) is 31.8 Å². The maximum atomic E-state index is 12.8. The van der Waals surface area contributed by atoms with Gasteiger partial charge in [-0.05, 0) is 18.9 Å². The number of piperidine rings is 1. The van der Waals surface area contributed by atoms with Crippen LogP contribution in [0.3, 0.4) is 0 Å². The van der Waals surface area contributed by atoms with E-state index in [4.69, 9.17) is 0 Å². The fraction of sp³-hybridized carbons (Fsp3) is 0.400. The first-order chi connectivity index (χ1) is 12.6. The zero-order chi connectivity index (χ0) is 18.1. The molecule has 2 aromatic heterocycles. The van der Waals surface area contributed by atoms with Crippen LogP contribution in [0, 0.1) is 0 Å². The van der Waals surface area contributed by atoms with Crippen molar-refractivity contribution in [1.82, 2.24) is 19.0 Å². The summed E-state index contributed by atoms with van der Waals surface area (Å²) < 4.78 is 4.20. The topological polar surface area (TPSA) is 43.1 Å². The zero-order valence-corrected chi connectivity index (χ0v) is 16.1. The maximum Gasteiger partial charge on any atom is 0.232 e. The minimum Gasteiger partial charge on any atom is -0.349 e. The van der Waals surface area contributed by atoms with E-state index in [2.05, 4.69) is 45.6 Å². The number of amides is 1. The number of para-hydroxylation sites is 1. The second-order valence-corrected chi connectivity index (χ2v) is 8.00. The van der Waals surface area contributed by atoms with Crippen LogP contribution in [0.25, 0.3) is 10.9 Å². The van der Waals surface area contributed by atoms with Gasteiger partial charge in [0.1, 0.15) is 5.82 Å². The molecule has 0 N–H and O–H groups in total. The second-order valence-electron chi connectivity index (χ2n) is 6.99. The Morgan fingerprint density at radius 1 is 1.27 bits per heavy atom. The molecule has 1 amide bonds. The number of benzene rings is 1. The number of rotatable bonds is 4. The summed E-state index contributed by atoms with van der Waals surface area (Å²) in [5.74, 6) is 2.14. The van der Waals surface area contributed by atoms with Crippen LogP contribution in [0.15, 0.2) is 47.8 Å². The predicted molar refractivity (Wildman–Crippen MR) is 105 cm³/mol. The van der Waals surface area contributed by atoms with Gasteiger partial charge in [-0.2, -0.15) is 0 Å². The van der Waals surface area contributed by atoms with Crippen LogP contribution in [-0.4, -0.2) is 43.8 Å². The molecule has 4 rings (SSSR count). The average molecular weight is 369 g/mol. The van der Waals surface area contributed by atoms with Crippen molar-refractivity contribution in [1.29, 1.82) is 0 Å². The molecule has 3 aromatic rings. The number of nitrogens with zero attached hydrogens (tertiary/aromatic N) is 4. The van der Waals surface area contributed by atoms with Crippen molar-refractivity contribution < 1.29 is 4.79 Å². The quantitative estimate of drug-likeness (QED) is 0.663. The van der Waals surface area contributed by atoms with Gasteiger partial charge in [0, 0.05) is 67.5 Å². The molecule has 0 aliphatic carbocycles. The maximum absolute atomic E-state index is 12.8. The molecule has 0 unspecified atom stereocenters. The zero-order valence-electron chi connectivity index (χ0n) is 15.3. The molecule has 136 valence electrons. The van der Waals surface area contributed by atoms with E-state index >= 15 is 0 Å². The number of hydrogen-bond donors (Lipinski definition) is 0. The lowest BCUT2D eigenvalue weighted by atomic mass is 9.97. The molecule has 0 bridgehead atoms. The highest BCUT2D eigenvalue weighted by molar-refractivity contribution is 8.00. The lowest BCUT2D eigenvalue weighted by molar-refractivity contribution is -0.129. The first kappa shape index (κ1) is 17.2. The molecule has 5 nitrogen and oxygen atoms in total. The Hall–Kier alpha value is -2.21. The molecule has 1 atom stereocenters. The van der Waals surface area contributed by atoms with E-state index in [1.807, 2.05) is 30.4 Å². The van der Waals surface area contributed by atoms with Crippen molar-refractivity contribution in [3.05, 3.63) is 48.7 Å². The molecule has 3 heterocycles. The summed E-state index contributed by atoms with van der Waals surface area (Å²) in [7, 11) is 4.08. The Kier molecular flexibility index (Phi) is 4.76. The lowest BCUT2D eigenvalue weighted by Crippen LogP contribution is -2.40. The van der Waals surface area contributed by atoms with Crippen LogP contribution in [-0.2, 0) is 18.9 Å². The van der Waals surface area contributed by atoms with Gasteiger partial charge in [0.2, 0.25) is 5.91 Å². The largest absolute Gasteiger partial charge is 0.349 e. The predicted octanol–water partition coefficient (Wildman–Crippen LogP) is 3.41. The standard InChI is InChI=1S/C20H24N4OS/c1-22-11-9-21-20(22)15-6-5-10-24(12-15)19(25)14-26-18-13-23(2)17-8-4-3-7-16(17)18/h3-4,7-9,11,13,15H,5-6,10,12,14H2,1-2H3/t15-/m1/s1. The highest BCUT2D eigenvalue weighted by atomic mass is 32.2. The molecule has 6 heteroatoms. The summed E-state index contributed by atoms with van der Waals surface area (Å²) in [4.78, 5) is 20.5. The van der Waals surface area contributed by atoms with Gasteiger partial charge in [-0.1, -0.05) is 18.2 Å². The number of aryl methyl sites for hydroxylation is 2. The van der Waals surface area contributed by atoms with E-state index in [1.165, 1.54) is 15.8 Å². The van der Waals surface area contributed by atoms with Crippen molar-refractivity contribution in [2.45, 2.75) is 23.7 Å². The second kappa shape index (κ2) is 7.19. The summed E-state index contributed by atoms with van der Waals surface area (Å²) in [6.07, 6.45) is 8.09. The van der Waals surface area contributed by atoms with Crippen molar-refractivity contribution >= 4 is 28.6 Å². The lowest BCUT2D eigenvalue weighted by Gasteiger charge is -2.32. The van der Waals surface area contributed by atoms with Crippen LogP contribution in [0.5, 0.6) is 0 Å². The molecular weight excluding hydrogens is 344 g/mol. The molecule has 1 aliphatic heterocycles. The summed E-state index contributed by atoms with van der Waals surface area (Å²) >= 11 is 1.64. The SMILES string of the molecule is Cn1ccnc1[C@@H]1CCCN(C(=O)CSc2cn(C)c3ccccc23)C1. The van der Waals surface area contributed by atoms with Gasteiger partial charge < -0.3 is 14.0 Å². The van der Waals surface area contributed by atoms with Gasteiger partial charge in [-0.3, -0.25) is 4.79 Å². The molecular formula is C20H24N4OS. The number of hydrogen-bond acceptors (Lipinski definition) is 3. The average Bonchev–Trinajstić information content (AvgIpc) is 3.23. The molecule has 1 saturated heterocycles. The van der Waals surface area contributed by atoms with E-state index < -0.39 is 0 Å². The first-order valence-corrected chi connectivity index (χ1v) is 10.0. The van der Waals surface area contributed by atoms with E-state index in [9.17, 15) is 4.79 Å². The van der Waals surface area contributed by atoms with E-state index in [0.29, 0.717) is 11.7 Å². The van der Waals surface area contributed by atoms with Gasteiger partial charge in [-0.15, -0.1) is 11.8 Å². The van der Waals surface area contributed by atoms with E-state index in [1.54, 1.807) is 11.8 Å². The Bertz CT molecular complexity index is 929. The van der Waals surface area contributed by atoms with E-state index in [-0.39, 0.29) is 5.91 Å². The van der Waals surface area contributed by atoms with Gasteiger partial charge in [0.05, 0.1) is 5.75 Å². The Balaban J connectivity index is 1.42. The molecule has 1 aliphatic rings. The van der Waals surface area contributed by atoms with Gasteiger partial charge in [0.25, 0.3) is 0 Å². The van der Waals surface area contributed by atoms with Crippen molar-refractivity contribution in [3.63, 3.8) is 0 Å². The normalized spacial score (nSPS) is 17.8. The number of likely N-dealkylation sites (tertiary alicyclic amines) is 1. The van der Waals surface area contributed by atoms with Gasteiger partial charge >= 0.3 is 0 Å². The van der Waals surface area contributed by atoms with Crippen LogP contribution >= 0.6 is 11.8 Å². The summed E-state index contributed by atoms with van der Waals surface area (Å²) in [6, 6.07) is 8.34. The smallest absolute Gasteiger partial charge is 0.232 e. The number of thioether (sulfide) groups is 1. The molecule has 0 saturated carbocycles. The van der Waals surface area contributed by atoms with Crippen LogP contribution in [0.2, 0.25) is 0 Å². The monoisotopic (exact) mass is 368 g/mol. The number of aromatic nitrogens is 3. The van der Waals surface area contributed by atoms with Crippen molar-refractivity contribution in [3.8, 4) is 0 Å². The first-order valence-electron chi connectivity index (χ1n) is 9.05. The Morgan fingerprint density at radius 2 is 2.12 bits per heavy atom. The minimum absolute atomic E-state index is 0.224. The van der Waals surface area contributed by atoms with Crippen LogP contribution < -0.4 is 0 Å². The fourth-order valence-corrected chi connectivity index (χ4v) is 4.86. The third-order valence-corrected chi connectivity index (χ3v) is 6.24. The molecule has 1 fully saturated rings. The Morgan fingerprint density at radius 3 is 2.92 bits per heavy atom. The number of carbonyl (C=O) groups excluding carboxylic acids is 1. The van der Waals surface area contributed by atoms with Gasteiger partial charge in [-0.25, -0.2) is 4.98 Å². The van der Waals surface area contributed by atoms with Crippen LogP contribution in [0.1, 0.15) is 24.6 Å². The summed E-state index contributed by atoms with van der Waals surface area (Å²) in [6.45, 7) is 1.63. The van der Waals surface area contributed by atoms with Gasteiger partial charge in [0.15, 0.2) is 0 Å². The number of fused-ring (bicyclic) bond motifs is 1. The van der Waals surface area contributed by atoms with Crippen LogP contribution in [0.4, 0.5) is 0 Å².